The maximum atomic E-state index is 13.6. The van der Waals surface area contributed by atoms with Gasteiger partial charge in [0, 0.05) is 10.7 Å². The predicted molar refractivity (Wildman–Crippen MR) is 115 cm³/mol. The topological polar surface area (TPSA) is 55.8 Å². The molecule has 0 radical (unpaired) electrons. The summed E-state index contributed by atoms with van der Waals surface area (Å²) >= 11 is 6.01. The van der Waals surface area contributed by atoms with E-state index in [1.807, 2.05) is 0 Å². The van der Waals surface area contributed by atoms with Gasteiger partial charge in [-0.1, -0.05) is 35.9 Å². The van der Waals surface area contributed by atoms with Crippen molar-refractivity contribution in [3.63, 3.8) is 0 Å². The van der Waals surface area contributed by atoms with Crippen molar-refractivity contribution < 1.29 is 23.5 Å². The van der Waals surface area contributed by atoms with Gasteiger partial charge in [-0.15, -0.1) is 0 Å². The molecule has 0 unspecified atom stereocenters. The number of esters is 1. The number of halogens is 2. The van der Waals surface area contributed by atoms with Crippen LogP contribution >= 0.6 is 11.6 Å². The third-order valence-electron chi connectivity index (χ3n) is 5.57. The Kier molecular flexibility index (Phi) is 5.41. The molecule has 7 heteroatoms. The van der Waals surface area contributed by atoms with Crippen molar-refractivity contribution in [1.29, 1.82) is 0 Å². The molecule has 1 amide bonds. The van der Waals surface area contributed by atoms with E-state index in [1.165, 1.54) is 36.3 Å². The standard InChI is InChI=1S/C24H19ClFNO4/c1-30-20-13-3-15(4-14-20)21-24(23(29)31-2,16-5-9-18(26)10-6-16)22(28)27(21)19-11-7-17(25)8-12-19/h3-14,21H,1-2H3/t21-,24+/m1/s1. The molecule has 0 N–H and O–H groups in total. The average molecular weight is 440 g/mol. The van der Waals surface area contributed by atoms with Crippen LogP contribution in [0.2, 0.25) is 5.02 Å². The number of β-lactam (4-membered cyclic amide) rings is 1. The van der Waals surface area contributed by atoms with Gasteiger partial charge in [0.05, 0.1) is 20.3 Å². The van der Waals surface area contributed by atoms with Crippen LogP contribution in [0.25, 0.3) is 0 Å². The van der Waals surface area contributed by atoms with Crippen molar-refractivity contribution in [1.82, 2.24) is 0 Å². The number of anilines is 1. The van der Waals surface area contributed by atoms with Gasteiger partial charge in [-0.2, -0.15) is 0 Å². The van der Waals surface area contributed by atoms with Crippen molar-refractivity contribution >= 4 is 29.2 Å². The van der Waals surface area contributed by atoms with Crippen LogP contribution in [-0.4, -0.2) is 26.1 Å². The molecule has 1 aliphatic rings. The number of nitrogens with zero attached hydrogens (tertiary/aromatic N) is 1. The minimum atomic E-state index is -1.66. The maximum Gasteiger partial charge on any atom is 0.328 e. The van der Waals surface area contributed by atoms with E-state index in [9.17, 15) is 14.0 Å². The number of carbonyl (C=O) groups excluding carboxylic acids is 2. The van der Waals surface area contributed by atoms with E-state index in [4.69, 9.17) is 21.1 Å². The molecular weight excluding hydrogens is 421 g/mol. The van der Waals surface area contributed by atoms with Crippen molar-refractivity contribution in [3.8, 4) is 5.75 Å². The third-order valence-corrected chi connectivity index (χ3v) is 5.82. The van der Waals surface area contributed by atoms with Gasteiger partial charge >= 0.3 is 5.97 Å². The normalized spacial score (nSPS) is 20.2. The van der Waals surface area contributed by atoms with E-state index in [2.05, 4.69) is 0 Å². The second-order valence-electron chi connectivity index (χ2n) is 7.13. The highest BCUT2D eigenvalue weighted by atomic mass is 35.5. The second-order valence-corrected chi connectivity index (χ2v) is 7.57. The zero-order chi connectivity index (χ0) is 22.2. The Balaban J connectivity index is 1.92. The van der Waals surface area contributed by atoms with Crippen LogP contribution < -0.4 is 9.64 Å². The molecular formula is C24H19ClFNO4. The summed E-state index contributed by atoms with van der Waals surface area (Å²) < 4.78 is 23.9. The maximum absolute atomic E-state index is 13.6. The van der Waals surface area contributed by atoms with Gasteiger partial charge in [0.2, 0.25) is 0 Å². The van der Waals surface area contributed by atoms with Gasteiger partial charge in [0.25, 0.3) is 5.91 Å². The Morgan fingerprint density at radius 3 is 2.13 bits per heavy atom. The molecule has 2 atom stereocenters. The van der Waals surface area contributed by atoms with Gasteiger partial charge < -0.3 is 14.4 Å². The largest absolute Gasteiger partial charge is 0.497 e. The zero-order valence-electron chi connectivity index (χ0n) is 16.8. The Hall–Kier alpha value is -3.38. The SMILES string of the molecule is COC(=O)[C@]1(c2ccc(F)cc2)C(=O)N(c2ccc(Cl)cc2)[C@@H]1c1ccc(OC)cc1. The molecule has 158 valence electrons. The Bertz CT molecular complexity index is 1120. The number of benzene rings is 3. The summed E-state index contributed by atoms with van der Waals surface area (Å²) in [6, 6.07) is 18.5. The highest BCUT2D eigenvalue weighted by molar-refractivity contribution is 6.30. The first-order chi connectivity index (χ1) is 14.9. The number of ether oxygens (including phenoxy) is 2. The predicted octanol–water partition coefficient (Wildman–Crippen LogP) is 4.69. The number of hydrogen-bond donors (Lipinski definition) is 0. The highest BCUT2D eigenvalue weighted by Crippen LogP contribution is 2.54. The quantitative estimate of drug-likeness (QED) is 0.329. The fraction of sp³-hybridized carbons (Fsp3) is 0.167. The Labute approximate surface area is 184 Å². The van der Waals surface area contributed by atoms with Crippen molar-refractivity contribution in [2.24, 2.45) is 0 Å². The lowest BCUT2D eigenvalue weighted by atomic mass is 9.63. The van der Waals surface area contributed by atoms with Gasteiger partial charge in [-0.3, -0.25) is 9.59 Å². The molecule has 0 bridgehead atoms. The summed E-state index contributed by atoms with van der Waals surface area (Å²) in [5.74, 6) is -1.01. The molecule has 1 fully saturated rings. The number of amides is 1. The van der Waals surface area contributed by atoms with Crippen LogP contribution in [0.15, 0.2) is 72.8 Å². The summed E-state index contributed by atoms with van der Waals surface area (Å²) in [7, 11) is 2.79. The minimum Gasteiger partial charge on any atom is -0.497 e. The van der Waals surface area contributed by atoms with Crippen LogP contribution in [0, 0.1) is 5.82 Å². The monoisotopic (exact) mass is 439 g/mol. The fourth-order valence-corrected chi connectivity index (χ4v) is 4.20. The van der Waals surface area contributed by atoms with Crippen LogP contribution in [0.4, 0.5) is 10.1 Å². The molecule has 0 aliphatic carbocycles. The van der Waals surface area contributed by atoms with Gasteiger partial charge in [0.1, 0.15) is 11.6 Å². The molecule has 4 rings (SSSR count). The minimum absolute atomic E-state index is 0.358. The van der Waals surface area contributed by atoms with Crippen LogP contribution in [0.5, 0.6) is 5.75 Å². The molecule has 1 heterocycles. The van der Waals surface area contributed by atoms with Crippen LogP contribution in [-0.2, 0) is 19.7 Å². The van der Waals surface area contributed by atoms with E-state index in [1.54, 1.807) is 55.6 Å². The van der Waals surface area contributed by atoms with E-state index in [0.717, 1.165) is 0 Å². The van der Waals surface area contributed by atoms with Gasteiger partial charge in [-0.05, 0) is 59.7 Å². The molecule has 0 saturated carbocycles. The first-order valence-corrected chi connectivity index (χ1v) is 9.89. The van der Waals surface area contributed by atoms with Crippen molar-refractivity contribution in [3.05, 3.63) is 94.8 Å². The van der Waals surface area contributed by atoms with Crippen molar-refractivity contribution in [2.75, 3.05) is 19.1 Å². The summed E-state index contributed by atoms with van der Waals surface area (Å²) in [4.78, 5) is 28.3. The van der Waals surface area contributed by atoms with Gasteiger partial charge in [0.15, 0.2) is 5.41 Å². The lowest BCUT2D eigenvalue weighted by molar-refractivity contribution is -0.158. The molecule has 3 aromatic rings. The zero-order valence-corrected chi connectivity index (χ0v) is 17.6. The Morgan fingerprint density at radius 1 is 0.968 bits per heavy atom. The second kappa shape index (κ2) is 8.04. The molecule has 1 aliphatic heterocycles. The third kappa shape index (κ3) is 3.24. The number of rotatable bonds is 5. The van der Waals surface area contributed by atoms with Crippen LogP contribution in [0.1, 0.15) is 17.2 Å². The molecule has 0 aromatic heterocycles. The number of carbonyl (C=O) groups is 2. The smallest absolute Gasteiger partial charge is 0.328 e. The van der Waals surface area contributed by atoms with Crippen molar-refractivity contribution in [2.45, 2.75) is 11.5 Å². The van der Waals surface area contributed by atoms with E-state index in [0.29, 0.717) is 27.6 Å². The highest BCUT2D eigenvalue weighted by Gasteiger charge is 2.68. The molecule has 5 nitrogen and oxygen atoms in total. The Morgan fingerprint density at radius 2 is 1.58 bits per heavy atom. The number of methoxy groups -OCH3 is 2. The first-order valence-electron chi connectivity index (χ1n) is 9.51. The fourth-order valence-electron chi connectivity index (χ4n) is 4.08. The van der Waals surface area contributed by atoms with Gasteiger partial charge in [-0.25, -0.2) is 4.39 Å². The first kappa shape index (κ1) is 20.9. The molecule has 3 aromatic carbocycles. The lowest BCUT2D eigenvalue weighted by Crippen LogP contribution is -2.70. The molecule has 1 saturated heterocycles. The lowest BCUT2D eigenvalue weighted by Gasteiger charge is -2.54. The summed E-state index contributed by atoms with van der Waals surface area (Å²) in [6.07, 6.45) is 0. The summed E-state index contributed by atoms with van der Waals surface area (Å²) in [6.45, 7) is 0. The average Bonchev–Trinajstić information content (AvgIpc) is 2.80. The van der Waals surface area contributed by atoms with E-state index >= 15 is 0 Å². The van der Waals surface area contributed by atoms with Crippen LogP contribution in [0.3, 0.4) is 0 Å². The van der Waals surface area contributed by atoms with E-state index < -0.39 is 29.2 Å². The number of hydrogen-bond acceptors (Lipinski definition) is 4. The summed E-state index contributed by atoms with van der Waals surface area (Å²) in [5.41, 5.74) is -0.0184. The van der Waals surface area contributed by atoms with E-state index in [-0.39, 0.29) is 0 Å². The summed E-state index contributed by atoms with van der Waals surface area (Å²) in [5, 5.41) is 0.524. The molecule has 31 heavy (non-hydrogen) atoms. The molecule has 0 spiro atoms.